The van der Waals surface area contributed by atoms with Gasteiger partial charge in [0.25, 0.3) is 0 Å². The van der Waals surface area contributed by atoms with E-state index in [2.05, 4.69) is 9.97 Å². The van der Waals surface area contributed by atoms with Crippen LogP contribution in [-0.4, -0.2) is 9.97 Å². The smallest absolute Gasteiger partial charge is 0.433 e. The summed E-state index contributed by atoms with van der Waals surface area (Å²) in [5, 5.41) is -0.276. The molecule has 2 rings (SSSR count). The summed E-state index contributed by atoms with van der Waals surface area (Å²) in [6, 6.07) is 3.12. The van der Waals surface area contributed by atoms with E-state index in [9.17, 15) is 13.2 Å². The Morgan fingerprint density at radius 3 is 2.10 bits per heavy atom. The Morgan fingerprint density at radius 2 is 1.48 bits per heavy atom. The van der Waals surface area contributed by atoms with Crippen molar-refractivity contribution < 1.29 is 17.9 Å². The number of hydrogen-bond donors (Lipinski definition) is 0. The van der Waals surface area contributed by atoms with E-state index < -0.39 is 23.0 Å². The highest BCUT2D eigenvalue weighted by atomic mass is 35.5. The highest BCUT2D eigenvalue weighted by Gasteiger charge is 2.34. The van der Waals surface area contributed by atoms with Crippen molar-refractivity contribution in [1.29, 1.82) is 0 Å². The number of rotatable bonds is 2. The summed E-state index contributed by atoms with van der Waals surface area (Å²) in [5.41, 5.74) is -1.24. The summed E-state index contributed by atoms with van der Waals surface area (Å²) in [7, 11) is 0. The molecule has 3 nitrogen and oxygen atoms in total. The fourth-order valence-corrected chi connectivity index (χ4v) is 2.04. The van der Waals surface area contributed by atoms with Crippen LogP contribution in [-0.2, 0) is 6.18 Å². The minimum absolute atomic E-state index is 0.0195. The van der Waals surface area contributed by atoms with E-state index in [1.807, 2.05) is 0 Å². The van der Waals surface area contributed by atoms with E-state index >= 15 is 0 Å². The van der Waals surface area contributed by atoms with Crippen LogP contribution in [0.25, 0.3) is 0 Å². The summed E-state index contributed by atoms with van der Waals surface area (Å²) in [6.07, 6.45) is -4.69. The van der Waals surface area contributed by atoms with E-state index in [1.54, 1.807) is 0 Å². The van der Waals surface area contributed by atoms with Gasteiger partial charge in [0.05, 0.1) is 15.1 Å². The molecule has 0 saturated heterocycles. The van der Waals surface area contributed by atoms with Gasteiger partial charge >= 0.3 is 6.18 Å². The van der Waals surface area contributed by atoms with Crippen LogP contribution >= 0.6 is 46.4 Å². The minimum atomic E-state index is -4.69. The first-order chi connectivity index (χ1) is 9.66. The standard InChI is InChI=1S/C11H3Cl4F3N2O/c12-4-1-6(14)7(2-5(4)13)21-9-3-8(11(16,17)18)19-10(15)20-9/h1-3H. The molecule has 0 radical (unpaired) electrons. The molecule has 1 aromatic heterocycles. The summed E-state index contributed by atoms with van der Waals surface area (Å²) in [5.74, 6) is -0.448. The number of aromatic nitrogens is 2. The Bertz CT molecular complexity index is 694. The van der Waals surface area contributed by atoms with Gasteiger partial charge in [-0.05, 0) is 17.7 Å². The molecule has 0 amide bonds. The molecule has 0 fully saturated rings. The van der Waals surface area contributed by atoms with Crippen LogP contribution in [0.4, 0.5) is 13.2 Å². The second kappa shape index (κ2) is 6.04. The first-order valence-corrected chi connectivity index (χ1v) is 6.62. The van der Waals surface area contributed by atoms with Crippen LogP contribution in [0.3, 0.4) is 0 Å². The van der Waals surface area contributed by atoms with E-state index in [-0.39, 0.29) is 20.8 Å². The number of benzene rings is 1. The van der Waals surface area contributed by atoms with E-state index in [0.29, 0.717) is 6.07 Å². The molecule has 112 valence electrons. The molecule has 0 aliphatic rings. The number of halogens is 7. The molecule has 0 bridgehead atoms. The predicted octanol–water partition coefficient (Wildman–Crippen LogP) is 5.90. The van der Waals surface area contributed by atoms with Crippen molar-refractivity contribution in [1.82, 2.24) is 9.97 Å². The average molecular weight is 378 g/mol. The van der Waals surface area contributed by atoms with Gasteiger partial charge in [-0.2, -0.15) is 18.2 Å². The molecule has 0 spiro atoms. The number of alkyl halides is 3. The van der Waals surface area contributed by atoms with E-state index in [0.717, 1.165) is 0 Å². The van der Waals surface area contributed by atoms with Gasteiger partial charge in [0.15, 0.2) is 5.69 Å². The molecule has 21 heavy (non-hydrogen) atoms. The van der Waals surface area contributed by atoms with Crippen molar-refractivity contribution in [3.63, 3.8) is 0 Å². The summed E-state index contributed by atoms with van der Waals surface area (Å²) in [4.78, 5) is 6.60. The minimum Gasteiger partial charge on any atom is -0.437 e. The molecule has 10 heteroatoms. The van der Waals surface area contributed by atoms with Crippen LogP contribution in [0.5, 0.6) is 11.6 Å². The van der Waals surface area contributed by atoms with Gasteiger partial charge in [-0.25, -0.2) is 4.98 Å². The van der Waals surface area contributed by atoms with Crippen LogP contribution in [0.1, 0.15) is 5.69 Å². The molecule has 0 unspecified atom stereocenters. The second-order valence-corrected chi connectivity index (χ2v) is 5.22. The van der Waals surface area contributed by atoms with Crippen LogP contribution in [0.2, 0.25) is 20.4 Å². The molecule has 0 saturated carbocycles. The summed E-state index contributed by atoms with van der Waals surface area (Å²) < 4.78 is 43.0. The molecule has 2 aromatic rings. The lowest BCUT2D eigenvalue weighted by atomic mass is 10.3. The van der Waals surface area contributed by atoms with Gasteiger partial charge < -0.3 is 4.74 Å². The molecule has 0 aliphatic carbocycles. The van der Waals surface area contributed by atoms with Crippen molar-refractivity contribution in [3.8, 4) is 11.6 Å². The van der Waals surface area contributed by atoms with E-state index in [4.69, 9.17) is 51.1 Å². The van der Waals surface area contributed by atoms with Crippen molar-refractivity contribution in [2.24, 2.45) is 0 Å². The maximum Gasteiger partial charge on any atom is 0.433 e. The fraction of sp³-hybridized carbons (Fsp3) is 0.0909. The molecule has 0 N–H and O–H groups in total. The lowest BCUT2D eigenvalue weighted by Crippen LogP contribution is -2.09. The number of ether oxygens (including phenoxy) is 1. The summed E-state index contributed by atoms with van der Waals surface area (Å²) in [6.45, 7) is 0. The van der Waals surface area contributed by atoms with Crippen LogP contribution < -0.4 is 4.74 Å². The SMILES string of the molecule is FC(F)(F)c1cc(Oc2cc(Cl)c(Cl)cc2Cl)nc(Cl)n1. The van der Waals surface area contributed by atoms with Crippen molar-refractivity contribution in [3.05, 3.63) is 44.2 Å². The highest BCUT2D eigenvalue weighted by Crippen LogP contribution is 2.37. The fourth-order valence-electron chi connectivity index (χ4n) is 1.29. The highest BCUT2D eigenvalue weighted by molar-refractivity contribution is 6.43. The third-order valence-electron chi connectivity index (χ3n) is 2.16. The van der Waals surface area contributed by atoms with Crippen LogP contribution in [0.15, 0.2) is 18.2 Å². The second-order valence-electron chi connectivity index (χ2n) is 3.66. The monoisotopic (exact) mass is 376 g/mol. The van der Waals surface area contributed by atoms with Gasteiger partial charge in [-0.15, -0.1) is 0 Å². The largest absolute Gasteiger partial charge is 0.437 e. The molecular weight excluding hydrogens is 375 g/mol. The first kappa shape index (κ1) is 16.4. The molecule has 0 atom stereocenters. The van der Waals surface area contributed by atoms with Gasteiger partial charge in [0.1, 0.15) is 5.75 Å². The third-order valence-corrected chi connectivity index (χ3v) is 3.34. The Balaban J connectivity index is 2.40. The zero-order valence-corrected chi connectivity index (χ0v) is 12.7. The molecule has 1 heterocycles. The van der Waals surface area contributed by atoms with Gasteiger partial charge in [-0.1, -0.05) is 34.8 Å². The molecule has 1 aromatic carbocycles. The normalized spacial score (nSPS) is 11.6. The average Bonchev–Trinajstić information content (AvgIpc) is 2.34. The van der Waals surface area contributed by atoms with Crippen molar-refractivity contribution in [2.45, 2.75) is 6.18 Å². The van der Waals surface area contributed by atoms with Gasteiger partial charge in [0.2, 0.25) is 11.2 Å². The van der Waals surface area contributed by atoms with Crippen molar-refractivity contribution >= 4 is 46.4 Å². The van der Waals surface area contributed by atoms with Gasteiger partial charge in [-0.3, -0.25) is 0 Å². The Morgan fingerprint density at radius 1 is 0.857 bits per heavy atom. The molecular formula is C11H3Cl4F3N2O. The predicted molar refractivity (Wildman–Crippen MR) is 73.6 cm³/mol. The van der Waals surface area contributed by atoms with Gasteiger partial charge in [0, 0.05) is 12.1 Å². The number of hydrogen-bond acceptors (Lipinski definition) is 3. The first-order valence-electron chi connectivity index (χ1n) is 5.11. The van der Waals surface area contributed by atoms with Crippen molar-refractivity contribution in [2.75, 3.05) is 0 Å². The zero-order chi connectivity index (χ0) is 15.8. The quantitative estimate of drug-likeness (QED) is 0.482. The van der Waals surface area contributed by atoms with E-state index in [1.165, 1.54) is 12.1 Å². The Kier molecular flexibility index (Phi) is 4.72. The van der Waals surface area contributed by atoms with Crippen LogP contribution in [0, 0.1) is 0 Å². The topological polar surface area (TPSA) is 35.0 Å². The summed E-state index contributed by atoms with van der Waals surface area (Å²) >= 11 is 22.8. The maximum absolute atomic E-state index is 12.6. The Labute approximate surface area is 136 Å². The Hall–Kier alpha value is -0.950. The number of nitrogens with zero attached hydrogens (tertiary/aromatic N) is 2. The molecule has 0 aliphatic heterocycles. The third kappa shape index (κ3) is 4.03. The maximum atomic E-state index is 12.6. The lowest BCUT2D eigenvalue weighted by molar-refractivity contribution is -0.141. The zero-order valence-electron chi connectivity index (χ0n) is 9.68. The lowest BCUT2D eigenvalue weighted by Gasteiger charge is -2.10.